The summed E-state index contributed by atoms with van der Waals surface area (Å²) in [5.74, 6) is 0. The average Bonchev–Trinajstić information content (AvgIpc) is 2.63. The Morgan fingerprint density at radius 3 is 2.71 bits per heavy atom. The molecule has 0 saturated carbocycles. The van der Waals surface area contributed by atoms with Crippen molar-refractivity contribution < 1.29 is 19.4 Å². The first-order chi connectivity index (χ1) is 7.85. The number of ether oxygens (including phenoxy) is 2. The van der Waals surface area contributed by atoms with Gasteiger partial charge in [-0.1, -0.05) is 0 Å². The minimum absolute atomic E-state index is 0.190. The lowest BCUT2D eigenvalue weighted by Gasteiger charge is -2.30. The molecule has 0 radical (unpaired) electrons. The van der Waals surface area contributed by atoms with Crippen molar-refractivity contribution in [3.05, 3.63) is 0 Å². The van der Waals surface area contributed by atoms with E-state index in [1.165, 1.54) is 7.11 Å². The highest BCUT2D eigenvalue weighted by molar-refractivity contribution is 5.69. The summed E-state index contributed by atoms with van der Waals surface area (Å²) in [6.07, 6.45) is 0.694. The van der Waals surface area contributed by atoms with Gasteiger partial charge in [-0.05, 0) is 33.6 Å². The van der Waals surface area contributed by atoms with Gasteiger partial charge in [-0.25, -0.2) is 4.79 Å². The van der Waals surface area contributed by atoms with Gasteiger partial charge < -0.3 is 19.5 Å². The molecule has 1 heterocycles. The van der Waals surface area contributed by atoms with Crippen molar-refractivity contribution in [3.8, 4) is 0 Å². The fourth-order valence-corrected chi connectivity index (χ4v) is 2.02. The van der Waals surface area contributed by atoms with Crippen molar-refractivity contribution >= 4 is 6.09 Å². The summed E-state index contributed by atoms with van der Waals surface area (Å²) in [7, 11) is 1.54. The lowest BCUT2D eigenvalue weighted by Crippen LogP contribution is -2.46. The Morgan fingerprint density at radius 1 is 1.53 bits per heavy atom. The van der Waals surface area contributed by atoms with Crippen LogP contribution in [0.25, 0.3) is 0 Å². The summed E-state index contributed by atoms with van der Waals surface area (Å²) >= 11 is 0. The second-order valence-electron chi connectivity index (χ2n) is 5.41. The summed E-state index contributed by atoms with van der Waals surface area (Å²) in [4.78, 5) is 13.5. The molecule has 1 aliphatic rings. The van der Waals surface area contributed by atoms with Crippen LogP contribution in [0.15, 0.2) is 0 Å². The number of nitrogens with zero attached hydrogens (tertiary/aromatic N) is 1. The topological polar surface area (TPSA) is 59.0 Å². The normalized spacial score (nSPS) is 22.6. The summed E-state index contributed by atoms with van der Waals surface area (Å²) in [5, 5.41) is 9.89. The number of rotatable bonds is 3. The van der Waals surface area contributed by atoms with E-state index in [4.69, 9.17) is 9.47 Å². The molecular formula is C12H23NO4. The number of hydrogen-bond acceptors (Lipinski definition) is 4. The zero-order valence-corrected chi connectivity index (χ0v) is 11.1. The molecule has 100 valence electrons. The van der Waals surface area contributed by atoms with Gasteiger partial charge in [0.2, 0.25) is 0 Å². The van der Waals surface area contributed by atoms with Gasteiger partial charge in [0.25, 0.3) is 0 Å². The quantitative estimate of drug-likeness (QED) is 0.816. The second-order valence-corrected chi connectivity index (χ2v) is 5.41. The molecule has 1 unspecified atom stereocenters. The Hall–Kier alpha value is -0.810. The van der Waals surface area contributed by atoms with Crippen LogP contribution in [0.5, 0.6) is 0 Å². The van der Waals surface area contributed by atoms with E-state index in [9.17, 15) is 9.90 Å². The number of aliphatic hydroxyl groups is 1. The lowest BCUT2D eigenvalue weighted by atomic mass is 10.1. The maximum Gasteiger partial charge on any atom is 0.410 e. The lowest BCUT2D eigenvalue weighted by molar-refractivity contribution is -0.0130. The third-order valence-corrected chi connectivity index (χ3v) is 2.71. The van der Waals surface area contributed by atoms with E-state index >= 15 is 0 Å². The van der Waals surface area contributed by atoms with Gasteiger partial charge in [-0.3, -0.25) is 0 Å². The van der Waals surface area contributed by atoms with Crippen molar-refractivity contribution in [2.24, 2.45) is 0 Å². The summed E-state index contributed by atoms with van der Waals surface area (Å²) in [6.45, 7) is 6.38. The SMILES string of the molecule is COCC(O)[C@@H]1CCCN1C(=O)OC(C)(C)C. The van der Waals surface area contributed by atoms with Crippen molar-refractivity contribution in [1.82, 2.24) is 4.90 Å². The van der Waals surface area contributed by atoms with Crippen molar-refractivity contribution in [1.29, 1.82) is 0 Å². The van der Waals surface area contributed by atoms with E-state index in [1.54, 1.807) is 4.90 Å². The van der Waals surface area contributed by atoms with E-state index in [1.807, 2.05) is 20.8 Å². The minimum Gasteiger partial charge on any atom is -0.444 e. The smallest absolute Gasteiger partial charge is 0.410 e. The van der Waals surface area contributed by atoms with Gasteiger partial charge >= 0.3 is 6.09 Å². The molecule has 0 spiro atoms. The number of carbonyl (C=O) groups is 1. The number of methoxy groups -OCH3 is 1. The first-order valence-corrected chi connectivity index (χ1v) is 6.02. The first kappa shape index (κ1) is 14.3. The molecule has 0 aliphatic carbocycles. The molecule has 0 aromatic carbocycles. The molecule has 17 heavy (non-hydrogen) atoms. The molecule has 0 bridgehead atoms. The van der Waals surface area contributed by atoms with Crippen molar-refractivity contribution in [2.45, 2.75) is 51.4 Å². The number of carbonyl (C=O) groups excluding carboxylic acids is 1. The molecule has 1 N–H and O–H groups in total. The maximum absolute atomic E-state index is 11.9. The van der Waals surface area contributed by atoms with Crippen LogP contribution < -0.4 is 0 Å². The van der Waals surface area contributed by atoms with Crippen LogP contribution in [-0.2, 0) is 9.47 Å². The van der Waals surface area contributed by atoms with Gasteiger partial charge in [0, 0.05) is 13.7 Å². The molecule has 2 atom stereocenters. The Bertz CT molecular complexity index is 262. The van der Waals surface area contributed by atoms with E-state index in [0.29, 0.717) is 6.54 Å². The molecule has 1 saturated heterocycles. The minimum atomic E-state index is -0.644. The van der Waals surface area contributed by atoms with Crippen molar-refractivity contribution in [3.63, 3.8) is 0 Å². The fourth-order valence-electron chi connectivity index (χ4n) is 2.02. The Labute approximate surface area is 103 Å². The standard InChI is InChI=1S/C12H23NO4/c1-12(2,3)17-11(15)13-7-5-6-9(13)10(14)8-16-4/h9-10,14H,5-8H2,1-4H3/t9-,10?/m0/s1. The average molecular weight is 245 g/mol. The summed E-state index contributed by atoms with van der Waals surface area (Å²) in [5.41, 5.74) is -0.504. The van der Waals surface area contributed by atoms with Crippen LogP contribution in [0.3, 0.4) is 0 Å². The van der Waals surface area contributed by atoms with Gasteiger partial charge in [0.05, 0.1) is 18.8 Å². The molecule has 5 nitrogen and oxygen atoms in total. The highest BCUT2D eigenvalue weighted by atomic mass is 16.6. The second kappa shape index (κ2) is 5.69. The maximum atomic E-state index is 11.9. The highest BCUT2D eigenvalue weighted by Crippen LogP contribution is 2.23. The molecule has 1 fully saturated rings. The Morgan fingerprint density at radius 2 is 2.18 bits per heavy atom. The van der Waals surface area contributed by atoms with Gasteiger partial charge in [0.1, 0.15) is 5.60 Å². The monoisotopic (exact) mass is 245 g/mol. The summed E-state index contributed by atoms with van der Waals surface area (Å²) < 4.78 is 10.2. The van der Waals surface area contributed by atoms with E-state index in [0.717, 1.165) is 12.8 Å². The number of hydrogen-bond donors (Lipinski definition) is 1. The molecular weight excluding hydrogens is 222 g/mol. The predicted molar refractivity (Wildman–Crippen MR) is 63.8 cm³/mol. The molecule has 1 rings (SSSR count). The van der Waals surface area contributed by atoms with Crippen molar-refractivity contribution in [2.75, 3.05) is 20.3 Å². The van der Waals surface area contributed by atoms with Crippen LogP contribution in [0.1, 0.15) is 33.6 Å². The van der Waals surface area contributed by atoms with Gasteiger partial charge in [0.15, 0.2) is 0 Å². The molecule has 5 heteroatoms. The van der Waals surface area contributed by atoms with Crippen LogP contribution >= 0.6 is 0 Å². The van der Waals surface area contributed by atoms with Crippen LogP contribution in [0, 0.1) is 0 Å². The fraction of sp³-hybridized carbons (Fsp3) is 0.917. The Kier molecular flexibility index (Phi) is 4.77. The number of aliphatic hydroxyl groups excluding tert-OH is 1. The first-order valence-electron chi connectivity index (χ1n) is 6.02. The van der Waals surface area contributed by atoms with Gasteiger partial charge in [-0.2, -0.15) is 0 Å². The van der Waals surface area contributed by atoms with Gasteiger partial charge in [-0.15, -0.1) is 0 Å². The van der Waals surface area contributed by atoms with E-state index in [-0.39, 0.29) is 18.7 Å². The third kappa shape index (κ3) is 4.16. The van der Waals surface area contributed by atoms with Crippen LogP contribution in [0.2, 0.25) is 0 Å². The largest absolute Gasteiger partial charge is 0.444 e. The number of likely N-dealkylation sites (tertiary alicyclic amines) is 1. The molecule has 0 aromatic rings. The van der Waals surface area contributed by atoms with Crippen LogP contribution in [0.4, 0.5) is 4.79 Å². The molecule has 0 aromatic heterocycles. The zero-order chi connectivity index (χ0) is 13.1. The third-order valence-electron chi connectivity index (χ3n) is 2.71. The molecule has 1 aliphatic heterocycles. The zero-order valence-electron chi connectivity index (χ0n) is 11.1. The Balaban J connectivity index is 2.59. The number of amides is 1. The van der Waals surface area contributed by atoms with E-state index < -0.39 is 11.7 Å². The summed E-state index contributed by atoms with van der Waals surface area (Å²) in [6, 6.07) is -0.190. The highest BCUT2D eigenvalue weighted by Gasteiger charge is 2.36. The predicted octanol–water partition coefficient (Wildman–Crippen LogP) is 1.39. The molecule has 1 amide bonds. The van der Waals surface area contributed by atoms with Crippen LogP contribution in [-0.4, -0.2) is 54.1 Å². The van der Waals surface area contributed by atoms with E-state index in [2.05, 4.69) is 0 Å².